The standard InChI is InChI=1S/C20H24N4OS.ClH/c25-18-12-22-10-16(18)9-21-11-17-14-24(13-15-5-2-1-3-6-15)23-20(17)19-7-4-8-26-19;/h1-8,14,16,18,21-22,25H,9-13H2;1H. The average Bonchev–Trinajstić information content (AvgIpc) is 3.38. The number of thiophene rings is 1. The lowest BCUT2D eigenvalue weighted by molar-refractivity contribution is 0.146. The van der Waals surface area contributed by atoms with Crippen molar-refractivity contribution >= 4 is 23.7 Å². The minimum absolute atomic E-state index is 0. The third kappa shape index (κ3) is 4.97. The number of benzene rings is 1. The number of nitrogens with one attached hydrogen (secondary N) is 2. The summed E-state index contributed by atoms with van der Waals surface area (Å²) >= 11 is 1.72. The zero-order valence-corrected chi connectivity index (χ0v) is 16.7. The smallest absolute Gasteiger partial charge is 0.107 e. The fraction of sp³-hybridized carbons (Fsp3) is 0.350. The summed E-state index contributed by atoms with van der Waals surface area (Å²) < 4.78 is 2.02. The van der Waals surface area contributed by atoms with E-state index in [1.807, 2.05) is 10.7 Å². The van der Waals surface area contributed by atoms with E-state index >= 15 is 0 Å². The third-order valence-corrected chi connectivity index (χ3v) is 5.68. The van der Waals surface area contributed by atoms with Gasteiger partial charge in [-0.15, -0.1) is 23.7 Å². The molecular weight excluding hydrogens is 380 g/mol. The first-order chi connectivity index (χ1) is 12.8. The predicted octanol–water partition coefficient (Wildman–Crippen LogP) is 2.75. The van der Waals surface area contributed by atoms with Crippen LogP contribution in [0.15, 0.2) is 54.0 Å². The summed E-state index contributed by atoms with van der Waals surface area (Å²) in [5.74, 6) is 0.277. The summed E-state index contributed by atoms with van der Waals surface area (Å²) in [5.41, 5.74) is 3.49. The Morgan fingerprint density at radius 3 is 2.74 bits per heavy atom. The summed E-state index contributed by atoms with van der Waals surface area (Å²) in [6, 6.07) is 14.6. The Hall–Kier alpha value is -1.70. The molecule has 2 atom stereocenters. The fourth-order valence-electron chi connectivity index (χ4n) is 3.38. The second-order valence-corrected chi connectivity index (χ2v) is 7.73. The highest BCUT2D eigenvalue weighted by atomic mass is 35.5. The second kappa shape index (κ2) is 9.48. The number of aliphatic hydroxyl groups is 1. The molecule has 0 aliphatic carbocycles. The average molecular weight is 405 g/mol. The van der Waals surface area contributed by atoms with Crippen molar-refractivity contribution in [1.82, 2.24) is 20.4 Å². The molecule has 144 valence electrons. The van der Waals surface area contributed by atoms with E-state index in [4.69, 9.17) is 5.10 Å². The first-order valence-corrected chi connectivity index (χ1v) is 9.91. The van der Waals surface area contributed by atoms with Gasteiger partial charge in [0.05, 0.1) is 17.5 Å². The van der Waals surface area contributed by atoms with Crippen molar-refractivity contribution in [2.24, 2.45) is 5.92 Å². The van der Waals surface area contributed by atoms with Crippen LogP contribution in [-0.2, 0) is 13.1 Å². The van der Waals surface area contributed by atoms with Crippen molar-refractivity contribution < 1.29 is 5.11 Å². The molecule has 1 fully saturated rings. The predicted molar refractivity (Wildman–Crippen MR) is 112 cm³/mol. The number of nitrogens with zero attached hydrogens (tertiary/aromatic N) is 2. The topological polar surface area (TPSA) is 62.1 Å². The maximum absolute atomic E-state index is 9.94. The van der Waals surface area contributed by atoms with Crippen molar-refractivity contribution in [1.29, 1.82) is 0 Å². The first-order valence-electron chi connectivity index (χ1n) is 9.03. The molecule has 0 amide bonds. The zero-order chi connectivity index (χ0) is 17.8. The first kappa shape index (κ1) is 20.0. The van der Waals surface area contributed by atoms with E-state index in [9.17, 15) is 5.11 Å². The highest BCUT2D eigenvalue weighted by molar-refractivity contribution is 7.13. The monoisotopic (exact) mass is 404 g/mol. The van der Waals surface area contributed by atoms with Gasteiger partial charge in [0, 0.05) is 43.9 Å². The number of hydrogen-bond donors (Lipinski definition) is 3. The molecule has 1 aliphatic heterocycles. The lowest BCUT2D eigenvalue weighted by Crippen LogP contribution is -2.30. The molecular formula is C20H25ClN4OS. The molecule has 5 nitrogen and oxygen atoms in total. The summed E-state index contributed by atoms with van der Waals surface area (Å²) in [7, 11) is 0. The van der Waals surface area contributed by atoms with Crippen molar-refractivity contribution in [3.05, 3.63) is 65.2 Å². The van der Waals surface area contributed by atoms with Crippen molar-refractivity contribution in [3.63, 3.8) is 0 Å². The van der Waals surface area contributed by atoms with E-state index in [1.165, 1.54) is 16.0 Å². The molecule has 1 saturated heterocycles. The van der Waals surface area contributed by atoms with Gasteiger partial charge in [0.2, 0.25) is 0 Å². The lowest BCUT2D eigenvalue weighted by Gasteiger charge is -2.13. The maximum atomic E-state index is 9.94. The Morgan fingerprint density at radius 2 is 2.04 bits per heavy atom. The van der Waals surface area contributed by atoms with Gasteiger partial charge >= 0.3 is 0 Å². The molecule has 1 aromatic carbocycles. The van der Waals surface area contributed by atoms with E-state index in [2.05, 4.69) is 58.6 Å². The Bertz CT molecular complexity index is 822. The van der Waals surface area contributed by atoms with Gasteiger partial charge in [-0.25, -0.2) is 0 Å². The Labute approximate surface area is 169 Å². The van der Waals surface area contributed by atoms with Gasteiger partial charge in [-0.1, -0.05) is 36.4 Å². The van der Waals surface area contributed by atoms with Crippen molar-refractivity contribution in [2.75, 3.05) is 19.6 Å². The van der Waals surface area contributed by atoms with Crippen LogP contribution < -0.4 is 10.6 Å². The van der Waals surface area contributed by atoms with Gasteiger partial charge in [-0.05, 0) is 17.0 Å². The second-order valence-electron chi connectivity index (χ2n) is 6.78. The van der Waals surface area contributed by atoms with Crippen molar-refractivity contribution in [2.45, 2.75) is 19.2 Å². The van der Waals surface area contributed by atoms with Crippen molar-refractivity contribution in [3.8, 4) is 10.6 Å². The van der Waals surface area contributed by atoms with Crippen LogP contribution in [0.4, 0.5) is 0 Å². The molecule has 3 heterocycles. The van der Waals surface area contributed by atoms with E-state index in [0.717, 1.165) is 31.9 Å². The molecule has 27 heavy (non-hydrogen) atoms. The summed E-state index contributed by atoms with van der Waals surface area (Å²) in [5, 5.41) is 23.6. The molecule has 3 N–H and O–H groups in total. The third-order valence-electron chi connectivity index (χ3n) is 4.81. The van der Waals surface area contributed by atoms with Gasteiger partial charge in [0.25, 0.3) is 0 Å². The van der Waals surface area contributed by atoms with Crippen LogP contribution in [0.2, 0.25) is 0 Å². The van der Waals surface area contributed by atoms with Crippen LogP contribution in [0.3, 0.4) is 0 Å². The lowest BCUT2D eigenvalue weighted by atomic mass is 10.1. The largest absolute Gasteiger partial charge is 0.391 e. The zero-order valence-electron chi connectivity index (χ0n) is 15.0. The number of hydrogen-bond acceptors (Lipinski definition) is 5. The van der Waals surface area contributed by atoms with Crippen LogP contribution >= 0.6 is 23.7 Å². The van der Waals surface area contributed by atoms with Crippen LogP contribution in [-0.4, -0.2) is 40.6 Å². The molecule has 4 rings (SSSR count). The SMILES string of the molecule is Cl.OC1CNCC1CNCc1cn(Cc2ccccc2)nc1-c1cccs1. The Morgan fingerprint density at radius 1 is 1.19 bits per heavy atom. The summed E-state index contributed by atoms with van der Waals surface area (Å²) in [4.78, 5) is 1.19. The maximum Gasteiger partial charge on any atom is 0.107 e. The number of β-amino-alcohol motifs (C(OH)–C–C–N with tert-alkyl or cyclic N) is 1. The summed E-state index contributed by atoms with van der Waals surface area (Å²) in [6.07, 6.45) is 1.89. The number of rotatable bonds is 7. The molecule has 1 aliphatic rings. The quantitative estimate of drug-likeness (QED) is 0.566. The van der Waals surface area contributed by atoms with E-state index in [-0.39, 0.29) is 24.4 Å². The Kier molecular flexibility index (Phi) is 7.04. The number of aliphatic hydroxyl groups excluding tert-OH is 1. The van der Waals surface area contributed by atoms with Crippen LogP contribution in [0.25, 0.3) is 10.6 Å². The molecule has 2 unspecified atom stereocenters. The molecule has 0 saturated carbocycles. The van der Waals surface area contributed by atoms with E-state index in [1.54, 1.807) is 11.3 Å². The van der Waals surface area contributed by atoms with Crippen LogP contribution in [0.5, 0.6) is 0 Å². The molecule has 3 aromatic rings. The van der Waals surface area contributed by atoms with E-state index in [0.29, 0.717) is 6.54 Å². The molecule has 0 spiro atoms. The minimum atomic E-state index is -0.250. The minimum Gasteiger partial charge on any atom is -0.391 e. The van der Waals surface area contributed by atoms with Gasteiger partial charge < -0.3 is 15.7 Å². The van der Waals surface area contributed by atoms with Gasteiger partial charge in [0.1, 0.15) is 5.69 Å². The molecule has 2 aromatic heterocycles. The van der Waals surface area contributed by atoms with Gasteiger partial charge in [-0.3, -0.25) is 4.68 Å². The molecule has 0 bridgehead atoms. The highest BCUT2D eigenvalue weighted by Gasteiger charge is 2.24. The van der Waals surface area contributed by atoms with E-state index < -0.39 is 0 Å². The number of halogens is 1. The normalized spacial score (nSPS) is 19.1. The van der Waals surface area contributed by atoms with Crippen LogP contribution in [0, 0.1) is 5.92 Å². The van der Waals surface area contributed by atoms with Crippen LogP contribution in [0.1, 0.15) is 11.1 Å². The van der Waals surface area contributed by atoms with Gasteiger partial charge in [0.15, 0.2) is 0 Å². The number of aromatic nitrogens is 2. The summed E-state index contributed by atoms with van der Waals surface area (Å²) in [6.45, 7) is 3.90. The Balaban J connectivity index is 0.00000210. The fourth-order valence-corrected chi connectivity index (χ4v) is 4.13. The molecule has 0 radical (unpaired) electrons. The highest BCUT2D eigenvalue weighted by Crippen LogP contribution is 2.27. The molecule has 7 heteroatoms. The van der Waals surface area contributed by atoms with Gasteiger partial charge in [-0.2, -0.15) is 5.10 Å².